The molecule has 0 aliphatic carbocycles. The number of rotatable bonds is 24. The number of hydrogen-bond donors (Lipinski definition) is 4. The van der Waals surface area contributed by atoms with Crippen LogP contribution in [0.15, 0.2) is 12.2 Å². The average Bonchev–Trinajstić information content (AvgIpc) is 2.77. The Morgan fingerprint density at radius 2 is 1.27 bits per heavy atom. The van der Waals surface area contributed by atoms with Gasteiger partial charge in [0.2, 0.25) is 5.91 Å². The van der Waals surface area contributed by atoms with Gasteiger partial charge in [-0.05, 0) is 32.1 Å². The molecule has 0 aliphatic heterocycles. The van der Waals surface area contributed by atoms with Crippen LogP contribution in [0, 0.1) is 0 Å². The lowest BCUT2D eigenvalue weighted by Crippen LogP contribution is -2.34. The predicted octanol–water partition coefficient (Wildman–Crippen LogP) is 6.17. The minimum atomic E-state index is -4.59. The lowest BCUT2D eigenvalue weighted by Gasteiger charge is -2.12. The van der Waals surface area contributed by atoms with Gasteiger partial charge in [0, 0.05) is 13.0 Å². The van der Waals surface area contributed by atoms with Crippen LogP contribution in [0.4, 0.5) is 0 Å². The van der Waals surface area contributed by atoms with Gasteiger partial charge in [-0.2, -0.15) is 0 Å². The predicted molar refractivity (Wildman–Crippen MR) is 135 cm³/mol. The molecule has 0 fully saturated rings. The number of hydrogen-bond acceptors (Lipinski definition) is 4. The van der Waals surface area contributed by atoms with Gasteiger partial charge in [0.25, 0.3) is 0 Å². The van der Waals surface area contributed by atoms with Crippen molar-refractivity contribution < 1.29 is 28.8 Å². The van der Waals surface area contributed by atoms with E-state index < -0.39 is 20.5 Å². The molecule has 1 amide bonds. The number of amides is 1. The van der Waals surface area contributed by atoms with Gasteiger partial charge in [-0.15, -0.1) is 0 Å². The second-order valence-electron chi connectivity index (χ2n) is 8.99. The maximum absolute atomic E-state index is 11.7. The Hall–Kier alpha value is -0.720. The molecule has 0 aromatic carbocycles. The van der Waals surface area contributed by atoms with Crippen molar-refractivity contribution in [3.05, 3.63) is 12.2 Å². The lowest BCUT2D eigenvalue weighted by molar-refractivity contribution is -0.121. The summed E-state index contributed by atoms with van der Waals surface area (Å²) in [5, 5.41) is 12.1. The van der Waals surface area contributed by atoms with E-state index in [1.807, 2.05) is 0 Å². The van der Waals surface area contributed by atoms with E-state index >= 15 is 0 Å². The molecule has 1 atom stereocenters. The number of allylic oxidation sites excluding steroid dienone is 2. The van der Waals surface area contributed by atoms with E-state index in [0.717, 1.165) is 19.3 Å². The van der Waals surface area contributed by atoms with Gasteiger partial charge in [0.05, 0.1) is 12.7 Å². The van der Waals surface area contributed by atoms with Crippen molar-refractivity contribution in [2.75, 3.05) is 13.2 Å². The van der Waals surface area contributed by atoms with Gasteiger partial charge < -0.3 is 20.2 Å². The molecule has 33 heavy (non-hydrogen) atoms. The molecule has 0 aromatic rings. The molecule has 196 valence electrons. The van der Waals surface area contributed by atoms with Crippen molar-refractivity contribution in [2.24, 2.45) is 0 Å². The number of nitrogens with one attached hydrogen (secondary N) is 1. The second-order valence-corrected chi connectivity index (χ2v) is 10.2. The molecular weight excluding hydrogens is 441 g/mol. The Bertz CT molecular complexity index is 523. The third-order valence-corrected chi connectivity index (χ3v) is 6.12. The first-order valence-corrected chi connectivity index (χ1v) is 14.7. The van der Waals surface area contributed by atoms with Crippen LogP contribution in [-0.2, 0) is 13.9 Å². The summed E-state index contributed by atoms with van der Waals surface area (Å²) in [6.45, 7) is 1.67. The number of aliphatic hydroxyl groups is 1. The average molecular weight is 492 g/mol. The fraction of sp³-hybridized carbons (Fsp3) is 0.880. The third-order valence-electron chi connectivity index (χ3n) is 5.64. The van der Waals surface area contributed by atoms with Gasteiger partial charge in [0.1, 0.15) is 0 Å². The number of carbonyl (C=O) groups excluding carboxylic acids is 1. The maximum atomic E-state index is 11.7. The highest BCUT2D eigenvalue weighted by atomic mass is 31.2. The molecular formula is C25H50NO6P. The normalized spacial score (nSPS) is 13.0. The molecule has 8 heteroatoms. The first kappa shape index (κ1) is 32.3. The summed E-state index contributed by atoms with van der Waals surface area (Å²) in [6, 6.07) is 0. The Balaban J connectivity index is 3.31. The highest BCUT2D eigenvalue weighted by Crippen LogP contribution is 2.35. The van der Waals surface area contributed by atoms with Crippen molar-refractivity contribution in [1.82, 2.24) is 5.32 Å². The smallest absolute Gasteiger partial charge is 0.389 e. The molecule has 0 bridgehead atoms. The Morgan fingerprint density at radius 1 is 0.818 bits per heavy atom. The van der Waals surface area contributed by atoms with Crippen LogP contribution in [-0.4, -0.2) is 40.1 Å². The monoisotopic (exact) mass is 491 g/mol. The van der Waals surface area contributed by atoms with Gasteiger partial charge in [0.15, 0.2) is 0 Å². The van der Waals surface area contributed by atoms with Gasteiger partial charge >= 0.3 is 7.82 Å². The van der Waals surface area contributed by atoms with E-state index in [1.54, 1.807) is 0 Å². The van der Waals surface area contributed by atoms with E-state index in [9.17, 15) is 14.5 Å². The largest absolute Gasteiger partial charge is 0.469 e. The first-order chi connectivity index (χ1) is 15.8. The maximum Gasteiger partial charge on any atom is 0.469 e. The second kappa shape index (κ2) is 23.0. The summed E-state index contributed by atoms with van der Waals surface area (Å²) in [4.78, 5) is 28.8. The summed E-state index contributed by atoms with van der Waals surface area (Å²) >= 11 is 0. The highest BCUT2D eigenvalue weighted by molar-refractivity contribution is 7.46. The minimum Gasteiger partial charge on any atom is -0.389 e. The summed E-state index contributed by atoms with van der Waals surface area (Å²) in [5.41, 5.74) is 0. The number of phosphoric ester groups is 1. The molecule has 0 saturated carbocycles. The molecule has 0 rings (SSSR count). The highest BCUT2D eigenvalue weighted by Gasteiger charge is 2.17. The van der Waals surface area contributed by atoms with Crippen molar-refractivity contribution in [3.63, 3.8) is 0 Å². The van der Waals surface area contributed by atoms with E-state index in [1.165, 1.54) is 89.9 Å². The number of unbranched alkanes of at least 4 members (excludes halogenated alkanes) is 15. The van der Waals surface area contributed by atoms with Crippen molar-refractivity contribution in [1.29, 1.82) is 0 Å². The summed E-state index contributed by atoms with van der Waals surface area (Å²) < 4.78 is 14.7. The molecule has 0 heterocycles. The van der Waals surface area contributed by atoms with E-state index in [2.05, 4.69) is 28.9 Å². The minimum absolute atomic E-state index is 0.0756. The van der Waals surface area contributed by atoms with Crippen LogP contribution >= 0.6 is 7.82 Å². The van der Waals surface area contributed by atoms with Crippen LogP contribution in [0.3, 0.4) is 0 Å². The van der Waals surface area contributed by atoms with Crippen LogP contribution in [0.25, 0.3) is 0 Å². The summed E-state index contributed by atoms with van der Waals surface area (Å²) in [6.07, 6.45) is 25.3. The zero-order valence-electron chi connectivity index (χ0n) is 20.9. The van der Waals surface area contributed by atoms with Gasteiger partial charge in [-0.3, -0.25) is 9.32 Å². The fourth-order valence-electron chi connectivity index (χ4n) is 3.63. The molecule has 0 saturated heterocycles. The van der Waals surface area contributed by atoms with E-state index in [4.69, 9.17) is 9.79 Å². The molecule has 1 unspecified atom stereocenters. The quantitative estimate of drug-likeness (QED) is 0.0729. The SMILES string of the molecule is CCCCCCCC/C=C\CCCCCCCCCCCC(=O)NCC(O)COP(=O)(O)O. The molecule has 0 radical (unpaired) electrons. The van der Waals surface area contributed by atoms with Crippen LogP contribution in [0.1, 0.15) is 122 Å². The first-order valence-electron chi connectivity index (χ1n) is 13.1. The summed E-state index contributed by atoms with van der Waals surface area (Å²) in [7, 11) is -4.59. The zero-order valence-corrected chi connectivity index (χ0v) is 21.8. The van der Waals surface area contributed by atoms with Crippen LogP contribution < -0.4 is 5.32 Å². The van der Waals surface area contributed by atoms with E-state index in [-0.39, 0.29) is 12.5 Å². The Labute approximate surface area is 202 Å². The van der Waals surface area contributed by atoms with Crippen molar-refractivity contribution in [3.8, 4) is 0 Å². The topological polar surface area (TPSA) is 116 Å². The summed E-state index contributed by atoms with van der Waals surface area (Å²) in [5.74, 6) is -0.161. The zero-order chi connectivity index (χ0) is 24.6. The lowest BCUT2D eigenvalue weighted by atomic mass is 10.1. The fourth-order valence-corrected chi connectivity index (χ4v) is 3.99. The molecule has 0 aromatic heterocycles. The van der Waals surface area contributed by atoms with Crippen molar-refractivity contribution >= 4 is 13.7 Å². The molecule has 4 N–H and O–H groups in total. The molecule has 0 aliphatic rings. The number of carbonyl (C=O) groups is 1. The molecule has 0 spiro atoms. The van der Waals surface area contributed by atoms with Crippen LogP contribution in [0.5, 0.6) is 0 Å². The van der Waals surface area contributed by atoms with Gasteiger partial charge in [-0.1, -0.05) is 96.1 Å². The standard InChI is InChI=1S/C25H50NO6P/c1-2-3-4-5-6-7-8-9-10-11-12-13-14-15-16-17-18-19-20-21-25(28)26-22-24(27)23-32-33(29,30)31/h9-10,24,27H,2-8,11-23H2,1H3,(H,26,28)(H2,29,30,31)/b10-9-. The number of phosphoric acid groups is 1. The van der Waals surface area contributed by atoms with E-state index in [0.29, 0.717) is 6.42 Å². The molecule has 7 nitrogen and oxygen atoms in total. The number of aliphatic hydroxyl groups excluding tert-OH is 1. The Kier molecular flexibility index (Phi) is 22.5. The van der Waals surface area contributed by atoms with Gasteiger partial charge in [-0.25, -0.2) is 4.57 Å². The Morgan fingerprint density at radius 3 is 1.76 bits per heavy atom. The van der Waals surface area contributed by atoms with Crippen molar-refractivity contribution in [2.45, 2.75) is 129 Å². The van der Waals surface area contributed by atoms with Crippen LogP contribution in [0.2, 0.25) is 0 Å². The third kappa shape index (κ3) is 27.4.